The Balaban J connectivity index is 0. The molecule has 1 N–H and O–H groups in total. The first-order valence-corrected chi connectivity index (χ1v) is 10.2. The number of ether oxygens (including phenoxy) is 4. The minimum atomic E-state index is -0.0974. The molecule has 162 valence electrons. The monoisotopic (exact) mass is 392 g/mol. The summed E-state index contributed by atoms with van der Waals surface area (Å²) in [6.07, 6.45) is 7.18. The van der Waals surface area contributed by atoms with Crippen molar-refractivity contribution in [2.24, 2.45) is 0 Å². The van der Waals surface area contributed by atoms with Gasteiger partial charge in [0.15, 0.2) is 0 Å². The van der Waals surface area contributed by atoms with E-state index < -0.39 is 0 Å². The van der Waals surface area contributed by atoms with Gasteiger partial charge in [-0.25, -0.2) is 0 Å². The van der Waals surface area contributed by atoms with Gasteiger partial charge in [-0.15, -0.1) is 0 Å². The van der Waals surface area contributed by atoms with Crippen LogP contribution in [0.5, 0.6) is 0 Å². The standard InChI is InChI=1S/C14H26O4.C6H14O3/c1-3-17-13(15)11-9-7-5-6-8-10-12-14(16)18-4-2;1-2-8-5-6-9-4-3-7/h3-12H2,1-2H3;7H,2-6H2,1H3. The highest BCUT2D eigenvalue weighted by Gasteiger charge is 2.02. The average molecular weight is 393 g/mol. The fourth-order valence-corrected chi connectivity index (χ4v) is 2.14. The number of carbonyl (C=O) groups excluding carboxylic acids is 2. The van der Waals surface area contributed by atoms with E-state index in [1.807, 2.05) is 20.8 Å². The second-order valence-electron chi connectivity index (χ2n) is 5.76. The molecule has 0 bridgehead atoms. The summed E-state index contributed by atoms with van der Waals surface area (Å²) in [5.41, 5.74) is 0. The maximum atomic E-state index is 11.0. The number of unbranched alkanes of at least 4 members (excludes halogenated alkanes) is 5. The number of rotatable bonds is 17. The topological polar surface area (TPSA) is 91.3 Å². The van der Waals surface area contributed by atoms with Gasteiger partial charge in [-0.1, -0.05) is 25.7 Å². The summed E-state index contributed by atoms with van der Waals surface area (Å²) < 4.78 is 19.6. The Labute approximate surface area is 164 Å². The van der Waals surface area contributed by atoms with Crippen LogP contribution in [-0.2, 0) is 28.5 Å². The fraction of sp³-hybridized carbons (Fsp3) is 0.900. The lowest BCUT2D eigenvalue weighted by Gasteiger charge is -2.03. The van der Waals surface area contributed by atoms with Gasteiger partial charge in [-0.2, -0.15) is 0 Å². The number of carbonyl (C=O) groups is 2. The Kier molecular flexibility index (Phi) is 25.8. The number of aliphatic hydroxyl groups is 1. The quantitative estimate of drug-likeness (QED) is 0.300. The van der Waals surface area contributed by atoms with Crippen molar-refractivity contribution < 1.29 is 33.6 Å². The molecule has 0 saturated heterocycles. The van der Waals surface area contributed by atoms with Crippen molar-refractivity contribution in [1.29, 1.82) is 0 Å². The molecule has 27 heavy (non-hydrogen) atoms. The minimum Gasteiger partial charge on any atom is -0.466 e. The van der Waals surface area contributed by atoms with E-state index in [4.69, 9.17) is 24.1 Å². The van der Waals surface area contributed by atoms with E-state index in [1.165, 1.54) is 0 Å². The molecular weight excluding hydrogens is 352 g/mol. The van der Waals surface area contributed by atoms with E-state index in [9.17, 15) is 9.59 Å². The third-order valence-electron chi connectivity index (χ3n) is 3.43. The number of aliphatic hydroxyl groups excluding tert-OH is 1. The highest BCUT2D eigenvalue weighted by molar-refractivity contribution is 5.69. The maximum absolute atomic E-state index is 11.0. The van der Waals surface area contributed by atoms with Crippen LogP contribution in [-0.4, -0.2) is 63.3 Å². The van der Waals surface area contributed by atoms with E-state index in [2.05, 4.69) is 0 Å². The predicted molar refractivity (Wildman–Crippen MR) is 105 cm³/mol. The first-order valence-electron chi connectivity index (χ1n) is 10.2. The van der Waals surface area contributed by atoms with E-state index in [-0.39, 0.29) is 18.5 Å². The molecule has 0 aliphatic rings. The fourth-order valence-electron chi connectivity index (χ4n) is 2.14. The third kappa shape index (κ3) is 27.1. The van der Waals surface area contributed by atoms with Gasteiger partial charge >= 0.3 is 11.9 Å². The highest BCUT2D eigenvalue weighted by Crippen LogP contribution is 2.09. The summed E-state index contributed by atoms with van der Waals surface area (Å²) in [5.74, 6) is -0.195. The van der Waals surface area contributed by atoms with Crippen molar-refractivity contribution in [3.8, 4) is 0 Å². The number of hydrogen-bond acceptors (Lipinski definition) is 7. The van der Waals surface area contributed by atoms with Crippen LogP contribution in [0.3, 0.4) is 0 Å². The summed E-state index contributed by atoms with van der Waals surface area (Å²) in [5, 5.41) is 8.26. The summed E-state index contributed by atoms with van der Waals surface area (Å²) in [6.45, 7) is 8.93. The third-order valence-corrected chi connectivity index (χ3v) is 3.43. The molecule has 0 amide bonds. The molecule has 7 nitrogen and oxygen atoms in total. The molecule has 0 rings (SSSR count). The van der Waals surface area contributed by atoms with Gasteiger partial charge in [0.1, 0.15) is 0 Å². The molecule has 0 aliphatic heterocycles. The minimum absolute atomic E-state index is 0.0894. The summed E-state index contributed by atoms with van der Waals surface area (Å²) in [7, 11) is 0. The van der Waals surface area contributed by atoms with E-state index in [0.29, 0.717) is 45.9 Å². The van der Waals surface area contributed by atoms with Crippen LogP contribution in [0.25, 0.3) is 0 Å². The van der Waals surface area contributed by atoms with Gasteiger partial charge in [-0.3, -0.25) is 9.59 Å². The lowest BCUT2D eigenvalue weighted by atomic mass is 10.1. The molecule has 0 aromatic carbocycles. The van der Waals surface area contributed by atoms with Crippen LogP contribution in [0.4, 0.5) is 0 Å². The van der Waals surface area contributed by atoms with Crippen molar-refractivity contribution in [2.45, 2.75) is 72.1 Å². The van der Waals surface area contributed by atoms with Crippen molar-refractivity contribution >= 4 is 11.9 Å². The zero-order chi connectivity index (χ0) is 20.6. The van der Waals surface area contributed by atoms with Crippen LogP contribution >= 0.6 is 0 Å². The van der Waals surface area contributed by atoms with Gasteiger partial charge in [0.25, 0.3) is 0 Å². The maximum Gasteiger partial charge on any atom is 0.305 e. The molecule has 0 aliphatic carbocycles. The van der Waals surface area contributed by atoms with Crippen molar-refractivity contribution in [3.63, 3.8) is 0 Å². The van der Waals surface area contributed by atoms with Crippen LogP contribution in [0, 0.1) is 0 Å². The Morgan fingerprint density at radius 2 is 1.07 bits per heavy atom. The largest absolute Gasteiger partial charge is 0.466 e. The molecule has 0 fully saturated rings. The van der Waals surface area contributed by atoms with Crippen LogP contribution in [0.15, 0.2) is 0 Å². The zero-order valence-electron chi connectivity index (χ0n) is 17.5. The van der Waals surface area contributed by atoms with Gasteiger partial charge in [0.05, 0.1) is 39.6 Å². The van der Waals surface area contributed by atoms with Gasteiger partial charge < -0.3 is 24.1 Å². The van der Waals surface area contributed by atoms with Gasteiger partial charge in [0, 0.05) is 19.4 Å². The molecule has 0 spiro atoms. The lowest BCUT2D eigenvalue weighted by Crippen LogP contribution is -2.06. The first kappa shape index (κ1) is 28.0. The zero-order valence-corrected chi connectivity index (χ0v) is 17.5. The van der Waals surface area contributed by atoms with Crippen LogP contribution in [0.1, 0.15) is 72.1 Å². The molecule has 0 aromatic rings. The van der Waals surface area contributed by atoms with E-state index in [1.54, 1.807) is 0 Å². The molecule has 0 unspecified atom stereocenters. The molecule has 0 radical (unpaired) electrons. The Morgan fingerprint density at radius 3 is 1.48 bits per heavy atom. The molecule has 0 saturated carbocycles. The van der Waals surface area contributed by atoms with Gasteiger partial charge in [-0.05, 0) is 33.6 Å². The molecule has 0 heterocycles. The van der Waals surface area contributed by atoms with Crippen LogP contribution in [0.2, 0.25) is 0 Å². The Hall–Kier alpha value is -1.18. The Bertz CT molecular complexity index is 291. The summed E-state index contributed by atoms with van der Waals surface area (Å²) in [4.78, 5) is 22.1. The van der Waals surface area contributed by atoms with Crippen LogP contribution < -0.4 is 0 Å². The van der Waals surface area contributed by atoms with Crippen molar-refractivity contribution in [3.05, 3.63) is 0 Å². The van der Waals surface area contributed by atoms with Gasteiger partial charge in [0.2, 0.25) is 0 Å². The normalized spacial score (nSPS) is 10.1. The van der Waals surface area contributed by atoms with Crippen molar-refractivity contribution in [2.75, 3.05) is 46.2 Å². The predicted octanol–water partition coefficient (Wildman–Crippen LogP) is 3.27. The number of hydrogen-bond donors (Lipinski definition) is 1. The number of esters is 2. The molecular formula is C20H40O7. The first-order chi connectivity index (χ1) is 13.1. The second-order valence-corrected chi connectivity index (χ2v) is 5.76. The molecule has 0 atom stereocenters. The second kappa shape index (κ2) is 24.8. The van der Waals surface area contributed by atoms with Crippen molar-refractivity contribution in [1.82, 2.24) is 0 Å². The molecule has 7 heteroatoms. The lowest BCUT2D eigenvalue weighted by molar-refractivity contribution is -0.144. The van der Waals surface area contributed by atoms with E-state index in [0.717, 1.165) is 45.1 Å². The summed E-state index contributed by atoms with van der Waals surface area (Å²) >= 11 is 0. The SMILES string of the molecule is CCOC(=O)CCCCCCCCC(=O)OCC.CCOCCOCCO. The summed E-state index contributed by atoms with van der Waals surface area (Å²) in [6, 6.07) is 0. The smallest absolute Gasteiger partial charge is 0.305 e. The molecule has 0 aromatic heterocycles. The van der Waals surface area contributed by atoms with E-state index >= 15 is 0 Å². The Morgan fingerprint density at radius 1 is 0.630 bits per heavy atom. The average Bonchev–Trinajstić information content (AvgIpc) is 2.65. The highest BCUT2D eigenvalue weighted by atomic mass is 16.5.